The Hall–Kier alpha value is -2.03. The van der Waals surface area contributed by atoms with Crippen LogP contribution in [-0.4, -0.2) is 12.1 Å². The van der Waals surface area contributed by atoms with Gasteiger partial charge in [0.05, 0.1) is 7.11 Å². The van der Waals surface area contributed by atoms with Crippen molar-refractivity contribution >= 4 is 0 Å². The fourth-order valence-corrected chi connectivity index (χ4v) is 1.34. The van der Waals surface area contributed by atoms with Gasteiger partial charge in [0.25, 0.3) is 0 Å². The first-order valence-electron chi connectivity index (χ1n) is 5.04. The number of aromatic nitrogens is 1. The van der Waals surface area contributed by atoms with E-state index >= 15 is 0 Å². The van der Waals surface area contributed by atoms with Crippen LogP contribution in [0.3, 0.4) is 0 Å². The molecule has 0 saturated heterocycles. The standard InChI is InChI=1S/C13H13NO2/c1-15-12-5-2-6-13(8-12)16-10-11-4-3-7-14-9-11/h2-9H,10H2,1H3. The molecule has 1 aromatic heterocycles. The summed E-state index contributed by atoms with van der Waals surface area (Å²) in [5.74, 6) is 1.59. The highest BCUT2D eigenvalue weighted by Gasteiger charge is 1.97. The van der Waals surface area contributed by atoms with E-state index in [0.29, 0.717) is 6.61 Å². The third-order valence-electron chi connectivity index (χ3n) is 2.17. The first-order valence-corrected chi connectivity index (χ1v) is 5.04. The van der Waals surface area contributed by atoms with Crippen molar-refractivity contribution in [1.82, 2.24) is 4.98 Å². The highest BCUT2D eigenvalue weighted by molar-refractivity contribution is 5.32. The zero-order valence-electron chi connectivity index (χ0n) is 9.09. The summed E-state index contributed by atoms with van der Waals surface area (Å²) in [6, 6.07) is 11.4. The monoisotopic (exact) mass is 215 g/mol. The first-order chi connectivity index (χ1) is 7.88. The third-order valence-corrected chi connectivity index (χ3v) is 2.17. The lowest BCUT2D eigenvalue weighted by Crippen LogP contribution is -1.95. The van der Waals surface area contributed by atoms with Gasteiger partial charge in [0.15, 0.2) is 0 Å². The molecule has 2 aromatic rings. The summed E-state index contributed by atoms with van der Waals surface area (Å²) < 4.78 is 10.7. The Balaban J connectivity index is 1.99. The molecular weight excluding hydrogens is 202 g/mol. The van der Waals surface area contributed by atoms with Crippen LogP contribution in [0.2, 0.25) is 0 Å². The van der Waals surface area contributed by atoms with Crippen molar-refractivity contribution in [2.24, 2.45) is 0 Å². The van der Waals surface area contributed by atoms with E-state index in [2.05, 4.69) is 4.98 Å². The molecule has 3 nitrogen and oxygen atoms in total. The van der Waals surface area contributed by atoms with Gasteiger partial charge in [0.2, 0.25) is 0 Å². The lowest BCUT2D eigenvalue weighted by atomic mass is 10.3. The molecule has 0 bridgehead atoms. The second-order valence-corrected chi connectivity index (χ2v) is 3.33. The van der Waals surface area contributed by atoms with E-state index in [0.717, 1.165) is 17.1 Å². The van der Waals surface area contributed by atoms with E-state index in [-0.39, 0.29) is 0 Å². The average Bonchev–Trinajstić information content (AvgIpc) is 2.38. The third kappa shape index (κ3) is 2.73. The fourth-order valence-electron chi connectivity index (χ4n) is 1.34. The van der Waals surface area contributed by atoms with Crippen molar-refractivity contribution in [1.29, 1.82) is 0 Å². The lowest BCUT2D eigenvalue weighted by molar-refractivity contribution is 0.303. The molecule has 0 atom stereocenters. The number of benzene rings is 1. The lowest BCUT2D eigenvalue weighted by Gasteiger charge is -2.07. The first kappa shape index (κ1) is 10.5. The largest absolute Gasteiger partial charge is 0.497 e. The summed E-state index contributed by atoms with van der Waals surface area (Å²) in [5.41, 5.74) is 1.05. The van der Waals surface area contributed by atoms with Crippen LogP contribution in [0, 0.1) is 0 Å². The van der Waals surface area contributed by atoms with E-state index in [4.69, 9.17) is 9.47 Å². The van der Waals surface area contributed by atoms with Crippen molar-refractivity contribution in [2.75, 3.05) is 7.11 Å². The number of methoxy groups -OCH3 is 1. The zero-order chi connectivity index (χ0) is 11.2. The molecule has 0 aliphatic heterocycles. The van der Waals surface area contributed by atoms with Gasteiger partial charge >= 0.3 is 0 Å². The van der Waals surface area contributed by atoms with Crippen LogP contribution in [0.25, 0.3) is 0 Å². The topological polar surface area (TPSA) is 31.4 Å². The van der Waals surface area contributed by atoms with Crippen LogP contribution in [0.15, 0.2) is 48.8 Å². The molecule has 1 heterocycles. The van der Waals surface area contributed by atoms with Crippen LogP contribution in [0.4, 0.5) is 0 Å². The average molecular weight is 215 g/mol. The van der Waals surface area contributed by atoms with Gasteiger partial charge in [0.1, 0.15) is 18.1 Å². The molecule has 0 unspecified atom stereocenters. The molecule has 0 radical (unpaired) electrons. The van der Waals surface area contributed by atoms with Crippen LogP contribution >= 0.6 is 0 Å². The van der Waals surface area contributed by atoms with Gasteiger partial charge in [-0.15, -0.1) is 0 Å². The summed E-state index contributed by atoms with van der Waals surface area (Å²) in [6.07, 6.45) is 3.54. The molecule has 0 N–H and O–H groups in total. The van der Waals surface area contributed by atoms with Gasteiger partial charge in [-0.2, -0.15) is 0 Å². The molecule has 0 aliphatic carbocycles. The minimum absolute atomic E-state index is 0.515. The van der Waals surface area contributed by atoms with E-state index in [9.17, 15) is 0 Å². The maximum Gasteiger partial charge on any atom is 0.123 e. The molecule has 2 rings (SSSR count). The highest BCUT2D eigenvalue weighted by Crippen LogP contribution is 2.19. The molecule has 0 amide bonds. The van der Waals surface area contributed by atoms with E-state index in [1.54, 1.807) is 19.5 Å². The molecule has 0 fully saturated rings. The predicted octanol–water partition coefficient (Wildman–Crippen LogP) is 2.67. The maximum absolute atomic E-state index is 5.61. The minimum atomic E-state index is 0.515. The second-order valence-electron chi connectivity index (χ2n) is 3.33. The Bertz CT molecular complexity index is 443. The van der Waals surface area contributed by atoms with Crippen LogP contribution in [0.5, 0.6) is 11.5 Å². The van der Waals surface area contributed by atoms with E-state index in [1.807, 2.05) is 36.4 Å². The van der Waals surface area contributed by atoms with Crippen molar-refractivity contribution in [3.8, 4) is 11.5 Å². The quantitative estimate of drug-likeness (QED) is 0.785. The summed E-state index contributed by atoms with van der Waals surface area (Å²) in [4.78, 5) is 4.03. The Labute approximate surface area is 94.7 Å². The minimum Gasteiger partial charge on any atom is -0.497 e. The Morgan fingerprint density at radius 1 is 1.12 bits per heavy atom. The van der Waals surface area contributed by atoms with Gasteiger partial charge in [-0.05, 0) is 18.2 Å². The molecular formula is C13H13NO2. The van der Waals surface area contributed by atoms with Crippen molar-refractivity contribution in [3.63, 3.8) is 0 Å². The Morgan fingerprint density at radius 2 is 2.00 bits per heavy atom. The zero-order valence-corrected chi connectivity index (χ0v) is 9.09. The molecule has 82 valence electrons. The summed E-state index contributed by atoms with van der Waals surface area (Å²) >= 11 is 0. The normalized spacial score (nSPS) is 9.81. The Morgan fingerprint density at radius 3 is 2.75 bits per heavy atom. The maximum atomic E-state index is 5.61. The molecule has 0 spiro atoms. The molecule has 0 aliphatic rings. The smallest absolute Gasteiger partial charge is 0.123 e. The SMILES string of the molecule is COc1cccc(OCc2cccnc2)c1. The molecule has 3 heteroatoms. The van der Waals surface area contributed by atoms with Crippen LogP contribution in [-0.2, 0) is 6.61 Å². The van der Waals surface area contributed by atoms with Gasteiger partial charge in [-0.25, -0.2) is 0 Å². The van der Waals surface area contributed by atoms with Crippen LogP contribution < -0.4 is 9.47 Å². The van der Waals surface area contributed by atoms with Gasteiger partial charge in [0, 0.05) is 24.0 Å². The van der Waals surface area contributed by atoms with Crippen LogP contribution in [0.1, 0.15) is 5.56 Å². The summed E-state index contributed by atoms with van der Waals surface area (Å²) in [6.45, 7) is 0.515. The highest BCUT2D eigenvalue weighted by atomic mass is 16.5. The summed E-state index contributed by atoms with van der Waals surface area (Å²) in [5, 5.41) is 0. The second kappa shape index (κ2) is 5.16. The Kier molecular flexibility index (Phi) is 3.38. The van der Waals surface area contributed by atoms with Gasteiger partial charge in [-0.1, -0.05) is 12.1 Å². The van der Waals surface area contributed by atoms with E-state index in [1.165, 1.54) is 0 Å². The predicted molar refractivity (Wildman–Crippen MR) is 61.6 cm³/mol. The van der Waals surface area contributed by atoms with Crippen molar-refractivity contribution in [2.45, 2.75) is 6.61 Å². The fraction of sp³-hybridized carbons (Fsp3) is 0.154. The number of ether oxygens (including phenoxy) is 2. The van der Waals surface area contributed by atoms with E-state index < -0.39 is 0 Å². The van der Waals surface area contributed by atoms with Crippen molar-refractivity contribution < 1.29 is 9.47 Å². The number of pyridine rings is 1. The number of nitrogens with zero attached hydrogens (tertiary/aromatic N) is 1. The molecule has 0 saturated carbocycles. The number of hydrogen-bond acceptors (Lipinski definition) is 3. The number of hydrogen-bond donors (Lipinski definition) is 0. The van der Waals surface area contributed by atoms with Gasteiger partial charge in [-0.3, -0.25) is 4.98 Å². The molecule has 16 heavy (non-hydrogen) atoms. The van der Waals surface area contributed by atoms with Gasteiger partial charge < -0.3 is 9.47 Å². The molecule has 1 aromatic carbocycles. The van der Waals surface area contributed by atoms with Crippen molar-refractivity contribution in [3.05, 3.63) is 54.4 Å². The number of rotatable bonds is 4. The summed E-state index contributed by atoms with van der Waals surface area (Å²) in [7, 11) is 1.64.